The molecule has 0 aromatic rings. The zero-order chi connectivity index (χ0) is 14.3. The Labute approximate surface area is 114 Å². The van der Waals surface area contributed by atoms with Crippen molar-refractivity contribution in [3.63, 3.8) is 0 Å². The van der Waals surface area contributed by atoms with Crippen LogP contribution in [0.2, 0.25) is 0 Å². The molecule has 1 heterocycles. The van der Waals surface area contributed by atoms with Gasteiger partial charge in [-0.1, -0.05) is 0 Å². The Morgan fingerprint density at radius 1 is 1.26 bits per heavy atom. The summed E-state index contributed by atoms with van der Waals surface area (Å²) in [5.74, 6) is -0.0780. The molecule has 1 rings (SSSR count). The van der Waals surface area contributed by atoms with E-state index in [1.54, 1.807) is 4.90 Å². The molecule has 6 heteroatoms. The van der Waals surface area contributed by atoms with Crippen molar-refractivity contribution in [3.05, 3.63) is 0 Å². The molecular formula is C13H24N2O4. The summed E-state index contributed by atoms with van der Waals surface area (Å²) in [6, 6.07) is 0.137. The lowest BCUT2D eigenvalue weighted by atomic mass is 10.1. The van der Waals surface area contributed by atoms with Crippen molar-refractivity contribution in [2.75, 3.05) is 33.4 Å². The summed E-state index contributed by atoms with van der Waals surface area (Å²) in [6.07, 6.45) is 1.63. The quantitative estimate of drug-likeness (QED) is 0.748. The van der Waals surface area contributed by atoms with Gasteiger partial charge in [0.15, 0.2) is 0 Å². The summed E-state index contributed by atoms with van der Waals surface area (Å²) in [4.78, 5) is 25.0. The highest BCUT2D eigenvalue weighted by Gasteiger charge is 2.23. The van der Waals surface area contributed by atoms with Gasteiger partial charge in [-0.25, -0.2) is 0 Å². The van der Waals surface area contributed by atoms with Crippen LogP contribution >= 0.6 is 0 Å². The van der Waals surface area contributed by atoms with E-state index < -0.39 is 0 Å². The van der Waals surface area contributed by atoms with Gasteiger partial charge < -0.3 is 19.7 Å². The number of methoxy groups -OCH3 is 1. The van der Waals surface area contributed by atoms with Crippen molar-refractivity contribution in [3.8, 4) is 0 Å². The monoisotopic (exact) mass is 272 g/mol. The van der Waals surface area contributed by atoms with Gasteiger partial charge in [-0.15, -0.1) is 0 Å². The third-order valence-electron chi connectivity index (χ3n) is 3.03. The van der Waals surface area contributed by atoms with Crippen LogP contribution in [0.3, 0.4) is 0 Å². The predicted octanol–water partition coefficient (Wildman–Crippen LogP) is 0.165. The molecule has 110 valence electrons. The average molecular weight is 272 g/mol. The van der Waals surface area contributed by atoms with Gasteiger partial charge in [0.05, 0.1) is 6.10 Å². The lowest BCUT2D eigenvalue weighted by Gasteiger charge is -2.32. The van der Waals surface area contributed by atoms with Crippen LogP contribution in [0.4, 0.5) is 0 Å². The largest absolute Gasteiger partial charge is 0.375 e. The number of rotatable bonds is 6. The van der Waals surface area contributed by atoms with Gasteiger partial charge in [0.1, 0.15) is 13.2 Å². The number of carbonyl (C=O) groups excluding carboxylic acids is 2. The number of hydrogen-bond donors (Lipinski definition) is 1. The summed E-state index contributed by atoms with van der Waals surface area (Å²) in [5, 5.41) is 2.90. The Morgan fingerprint density at radius 3 is 2.42 bits per heavy atom. The van der Waals surface area contributed by atoms with E-state index in [0.717, 1.165) is 12.8 Å². The van der Waals surface area contributed by atoms with E-state index in [9.17, 15) is 9.59 Å². The van der Waals surface area contributed by atoms with Crippen LogP contribution in [0.15, 0.2) is 0 Å². The van der Waals surface area contributed by atoms with Crippen LogP contribution in [0.1, 0.15) is 26.7 Å². The highest BCUT2D eigenvalue weighted by Crippen LogP contribution is 2.10. The third-order valence-corrected chi connectivity index (χ3v) is 3.03. The topological polar surface area (TPSA) is 67.9 Å². The van der Waals surface area contributed by atoms with Crippen molar-refractivity contribution < 1.29 is 19.1 Å². The molecule has 2 amide bonds. The van der Waals surface area contributed by atoms with Crippen LogP contribution in [0.5, 0.6) is 0 Å². The number of nitrogens with zero attached hydrogens (tertiary/aromatic N) is 1. The molecule has 1 saturated heterocycles. The number of nitrogens with one attached hydrogen (secondary N) is 1. The van der Waals surface area contributed by atoms with E-state index in [1.807, 2.05) is 13.8 Å². The molecule has 1 aliphatic rings. The standard InChI is InChI=1S/C13H24N2O4/c1-10(2)19-9-13(17)15-6-4-11(5-7-15)14-12(16)8-18-3/h10-11H,4-9H2,1-3H3,(H,14,16). The van der Waals surface area contributed by atoms with Gasteiger partial charge in [0.2, 0.25) is 11.8 Å². The molecule has 1 N–H and O–H groups in total. The first-order chi connectivity index (χ1) is 9.02. The summed E-state index contributed by atoms with van der Waals surface area (Å²) in [7, 11) is 1.50. The number of hydrogen-bond acceptors (Lipinski definition) is 4. The summed E-state index contributed by atoms with van der Waals surface area (Å²) < 4.78 is 10.1. The van der Waals surface area contributed by atoms with Gasteiger partial charge in [0, 0.05) is 26.2 Å². The second-order valence-corrected chi connectivity index (χ2v) is 5.02. The molecule has 0 aliphatic carbocycles. The van der Waals surface area contributed by atoms with Gasteiger partial charge in [-0.05, 0) is 26.7 Å². The van der Waals surface area contributed by atoms with Crippen LogP contribution in [-0.4, -0.2) is 62.3 Å². The Kier molecular flexibility index (Phi) is 6.80. The van der Waals surface area contributed by atoms with E-state index in [2.05, 4.69) is 5.32 Å². The Morgan fingerprint density at radius 2 is 1.89 bits per heavy atom. The van der Waals surface area contributed by atoms with Crippen molar-refractivity contribution >= 4 is 11.8 Å². The second-order valence-electron chi connectivity index (χ2n) is 5.02. The van der Waals surface area contributed by atoms with Crippen molar-refractivity contribution in [1.82, 2.24) is 10.2 Å². The second kappa shape index (κ2) is 8.12. The fourth-order valence-corrected chi connectivity index (χ4v) is 2.00. The van der Waals surface area contributed by atoms with E-state index in [0.29, 0.717) is 13.1 Å². The fraction of sp³-hybridized carbons (Fsp3) is 0.846. The average Bonchev–Trinajstić information content (AvgIpc) is 2.37. The molecule has 0 atom stereocenters. The predicted molar refractivity (Wildman–Crippen MR) is 70.7 cm³/mol. The summed E-state index contributed by atoms with van der Waals surface area (Å²) in [5.41, 5.74) is 0. The molecule has 0 bridgehead atoms. The minimum absolute atomic E-state index is 0.0235. The van der Waals surface area contributed by atoms with Crippen molar-refractivity contribution in [2.24, 2.45) is 0 Å². The molecule has 0 spiro atoms. The fourth-order valence-electron chi connectivity index (χ4n) is 2.00. The van der Waals surface area contributed by atoms with Crippen LogP contribution in [0, 0.1) is 0 Å². The van der Waals surface area contributed by atoms with E-state index in [-0.39, 0.29) is 37.2 Å². The molecule has 0 saturated carbocycles. The molecule has 19 heavy (non-hydrogen) atoms. The molecule has 6 nitrogen and oxygen atoms in total. The molecule has 0 radical (unpaired) electrons. The summed E-state index contributed by atoms with van der Waals surface area (Å²) >= 11 is 0. The van der Waals surface area contributed by atoms with E-state index in [1.165, 1.54) is 7.11 Å². The number of likely N-dealkylation sites (tertiary alicyclic amines) is 1. The lowest BCUT2D eigenvalue weighted by molar-refractivity contribution is -0.138. The smallest absolute Gasteiger partial charge is 0.248 e. The van der Waals surface area contributed by atoms with Gasteiger partial charge >= 0.3 is 0 Å². The third kappa shape index (κ3) is 6.02. The maximum Gasteiger partial charge on any atom is 0.248 e. The van der Waals surface area contributed by atoms with Gasteiger partial charge in [0.25, 0.3) is 0 Å². The molecule has 1 fully saturated rings. The zero-order valence-electron chi connectivity index (χ0n) is 12.0. The highest BCUT2D eigenvalue weighted by atomic mass is 16.5. The van der Waals surface area contributed by atoms with Crippen molar-refractivity contribution in [1.29, 1.82) is 0 Å². The van der Waals surface area contributed by atoms with Gasteiger partial charge in [-0.3, -0.25) is 9.59 Å². The Hall–Kier alpha value is -1.14. The van der Waals surface area contributed by atoms with Crippen molar-refractivity contribution in [2.45, 2.75) is 38.8 Å². The first-order valence-electron chi connectivity index (χ1n) is 6.70. The van der Waals surface area contributed by atoms with Crippen LogP contribution in [-0.2, 0) is 19.1 Å². The minimum atomic E-state index is -0.101. The maximum absolute atomic E-state index is 11.8. The SMILES string of the molecule is COCC(=O)NC1CCN(C(=O)COC(C)C)CC1. The highest BCUT2D eigenvalue weighted by molar-refractivity contribution is 5.78. The minimum Gasteiger partial charge on any atom is -0.375 e. The number of piperidine rings is 1. The zero-order valence-corrected chi connectivity index (χ0v) is 12.0. The normalized spacial score (nSPS) is 16.7. The molecule has 0 unspecified atom stereocenters. The summed E-state index contributed by atoms with van der Waals surface area (Å²) in [6.45, 7) is 5.37. The molecule has 1 aliphatic heterocycles. The molecular weight excluding hydrogens is 248 g/mol. The van der Waals surface area contributed by atoms with Crippen LogP contribution in [0.25, 0.3) is 0 Å². The molecule has 0 aromatic heterocycles. The van der Waals surface area contributed by atoms with Crippen LogP contribution < -0.4 is 5.32 Å². The number of ether oxygens (including phenoxy) is 2. The Bertz CT molecular complexity index is 299. The maximum atomic E-state index is 11.8. The first-order valence-corrected chi connectivity index (χ1v) is 6.70. The lowest BCUT2D eigenvalue weighted by Crippen LogP contribution is -2.48. The number of carbonyl (C=O) groups is 2. The first kappa shape index (κ1) is 15.9. The Balaban J connectivity index is 2.24. The van der Waals surface area contributed by atoms with E-state index >= 15 is 0 Å². The molecule has 0 aromatic carbocycles. The van der Waals surface area contributed by atoms with Gasteiger partial charge in [-0.2, -0.15) is 0 Å². The van der Waals surface area contributed by atoms with E-state index in [4.69, 9.17) is 9.47 Å². The number of amides is 2.